The van der Waals surface area contributed by atoms with Crippen LogP contribution in [0.3, 0.4) is 0 Å². The summed E-state index contributed by atoms with van der Waals surface area (Å²) >= 11 is 0. The Morgan fingerprint density at radius 2 is 1.85 bits per heavy atom. The molecule has 0 aliphatic carbocycles. The Balaban J connectivity index is 1.61. The van der Waals surface area contributed by atoms with Crippen molar-refractivity contribution in [3.8, 4) is 0 Å². The predicted octanol–water partition coefficient (Wildman–Crippen LogP) is 2.97. The van der Waals surface area contributed by atoms with Crippen LogP contribution in [0.1, 0.15) is 41.3 Å². The molecule has 0 radical (unpaired) electrons. The van der Waals surface area contributed by atoms with E-state index < -0.39 is 0 Å². The van der Waals surface area contributed by atoms with Gasteiger partial charge in [-0.15, -0.1) is 0 Å². The van der Waals surface area contributed by atoms with Crippen molar-refractivity contribution >= 4 is 5.91 Å². The molecule has 1 aromatic heterocycles. The maximum Gasteiger partial charge on any atom is 0.287 e. The summed E-state index contributed by atoms with van der Waals surface area (Å²) in [7, 11) is 1.59. The lowest BCUT2D eigenvalue weighted by Crippen LogP contribution is -2.45. The Morgan fingerprint density at radius 1 is 1.15 bits per heavy atom. The highest BCUT2D eigenvalue weighted by molar-refractivity contribution is 5.91. The van der Waals surface area contributed by atoms with Crippen LogP contribution in [-0.4, -0.2) is 43.2 Å². The SMILES string of the molecule is COCc1ccc(C(=O)NCc2ccccc2CN2CC(C)OC(C)C2)o1. The van der Waals surface area contributed by atoms with Gasteiger partial charge >= 0.3 is 0 Å². The van der Waals surface area contributed by atoms with E-state index >= 15 is 0 Å². The van der Waals surface area contributed by atoms with Crippen LogP contribution in [0.25, 0.3) is 0 Å². The average Bonchev–Trinajstić information content (AvgIpc) is 3.09. The molecule has 27 heavy (non-hydrogen) atoms. The van der Waals surface area contributed by atoms with Crippen LogP contribution in [0.2, 0.25) is 0 Å². The van der Waals surface area contributed by atoms with E-state index in [1.54, 1.807) is 19.2 Å². The Hall–Kier alpha value is -2.15. The van der Waals surface area contributed by atoms with Crippen LogP contribution in [0.4, 0.5) is 0 Å². The molecular weight excluding hydrogens is 344 g/mol. The molecule has 1 N–H and O–H groups in total. The maximum atomic E-state index is 12.4. The molecule has 2 heterocycles. The summed E-state index contributed by atoms with van der Waals surface area (Å²) in [5, 5.41) is 2.95. The van der Waals surface area contributed by atoms with Crippen molar-refractivity contribution < 1.29 is 18.7 Å². The molecular formula is C21H28N2O4. The summed E-state index contributed by atoms with van der Waals surface area (Å²) in [5.74, 6) is 0.717. The minimum absolute atomic E-state index is 0.222. The molecule has 2 aromatic rings. The normalized spacial score (nSPS) is 20.6. The van der Waals surface area contributed by atoms with Crippen molar-refractivity contribution in [2.45, 2.75) is 45.8 Å². The minimum atomic E-state index is -0.222. The number of amides is 1. The number of methoxy groups -OCH3 is 1. The van der Waals surface area contributed by atoms with Crippen molar-refractivity contribution in [3.63, 3.8) is 0 Å². The molecule has 0 bridgehead atoms. The number of carbonyl (C=O) groups is 1. The molecule has 1 amide bonds. The van der Waals surface area contributed by atoms with Crippen molar-refractivity contribution in [2.24, 2.45) is 0 Å². The molecule has 146 valence electrons. The third-order valence-corrected chi connectivity index (χ3v) is 4.62. The fourth-order valence-corrected chi connectivity index (χ4v) is 3.52. The summed E-state index contributed by atoms with van der Waals surface area (Å²) in [6.45, 7) is 7.71. The summed E-state index contributed by atoms with van der Waals surface area (Å²) < 4.78 is 16.3. The lowest BCUT2D eigenvalue weighted by molar-refractivity contribution is -0.0705. The predicted molar refractivity (Wildman–Crippen MR) is 102 cm³/mol. The van der Waals surface area contributed by atoms with Gasteiger partial charge in [0.05, 0.1) is 12.2 Å². The second-order valence-corrected chi connectivity index (χ2v) is 7.10. The quantitative estimate of drug-likeness (QED) is 0.810. The van der Waals surface area contributed by atoms with Gasteiger partial charge in [-0.3, -0.25) is 9.69 Å². The van der Waals surface area contributed by atoms with Gasteiger partial charge in [0.2, 0.25) is 0 Å². The second-order valence-electron chi connectivity index (χ2n) is 7.10. The highest BCUT2D eigenvalue weighted by Crippen LogP contribution is 2.17. The molecule has 2 unspecified atom stereocenters. The molecule has 6 heteroatoms. The molecule has 0 saturated carbocycles. The number of morpholine rings is 1. The van der Waals surface area contributed by atoms with Crippen LogP contribution in [0.15, 0.2) is 40.8 Å². The third kappa shape index (κ3) is 5.42. The molecule has 2 atom stereocenters. The zero-order valence-electron chi connectivity index (χ0n) is 16.2. The van der Waals surface area contributed by atoms with Gasteiger partial charge < -0.3 is 19.2 Å². The molecule has 1 fully saturated rings. The highest BCUT2D eigenvalue weighted by Gasteiger charge is 2.22. The third-order valence-electron chi connectivity index (χ3n) is 4.62. The average molecular weight is 372 g/mol. The largest absolute Gasteiger partial charge is 0.453 e. The fraction of sp³-hybridized carbons (Fsp3) is 0.476. The zero-order valence-corrected chi connectivity index (χ0v) is 16.2. The van der Waals surface area contributed by atoms with E-state index in [9.17, 15) is 4.79 Å². The van der Waals surface area contributed by atoms with E-state index in [1.165, 1.54) is 5.56 Å². The topological polar surface area (TPSA) is 63.9 Å². The van der Waals surface area contributed by atoms with Gasteiger partial charge in [-0.05, 0) is 37.1 Å². The summed E-state index contributed by atoms with van der Waals surface area (Å²) in [6, 6.07) is 11.6. The molecule has 1 aromatic carbocycles. The van der Waals surface area contributed by atoms with E-state index in [4.69, 9.17) is 13.9 Å². The molecule has 6 nitrogen and oxygen atoms in total. The first-order chi connectivity index (χ1) is 13.0. The maximum absolute atomic E-state index is 12.4. The van der Waals surface area contributed by atoms with Crippen LogP contribution < -0.4 is 5.32 Å². The van der Waals surface area contributed by atoms with Gasteiger partial charge in [0.25, 0.3) is 5.91 Å². The highest BCUT2D eigenvalue weighted by atomic mass is 16.5. The van der Waals surface area contributed by atoms with Gasteiger partial charge in [0.15, 0.2) is 5.76 Å². The first-order valence-electron chi connectivity index (χ1n) is 9.35. The number of hydrogen-bond acceptors (Lipinski definition) is 5. The number of nitrogens with one attached hydrogen (secondary N) is 1. The van der Waals surface area contributed by atoms with Gasteiger partial charge in [-0.25, -0.2) is 0 Å². The number of furan rings is 1. The number of rotatable bonds is 7. The van der Waals surface area contributed by atoms with Gasteiger partial charge in [-0.2, -0.15) is 0 Å². The Bertz CT molecular complexity index is 748. The lowest BCUT2D eigenvalue weighted by Gasteiger charge is -2.35. The number of hydrogen-bond donors (Lipinski definition) is 1. The van der Waals surface area contributed by atoms with E-state index in [0.717, 1.165) is 25.2 Å². The summed E-state index contributed by atoms with van der Waals surface area (Å²) in [4.78, 5) is 14.8. The Kier molecular flexibility index (Phi) is 6.66. The first-order valence-corrected chi connectivity index (χ1v) is 9.35. The van der Waals surface area contributed by atoms with E-state index in [1.807, 2.05) is 12.1 Å². The number of nitrogens with zero attached hydrogens (tertiary/aromatic N) is 1. The fourth-order valence-electron chi connectivity index (χ4n) is 3.52. The Morgan fingerprint density at radius 3 is 2.56 bits per heavy atom. The van der Waals surface area contributed by atoms with Crippen LogP contribution >= 0.6 is 0 Å². The smallest absolute Gasteiger partial charge is 0.287 e. The Labute approximate surface area is 160 Å². The van der Waals surface area contributed by atoms with Crippen LogP contribution in [0.5, 0.6) is 0 Å². The van der Waals surface area contributed by atoms with Crippen LogP contribution in [-0.2, 0) is 29.2 Å². The zero-order chi connectivity index (χ0) is 19.2. The molecule has 3 rings (SSSR count). The lowest BCUT2D eigenvalue weighted by atomic mass is 10.1. The van der Waals surface area contributed by atoms with Crippen LogP contribution in [0, 0.1) is 0 Å². The number of benzene rings is 1. The summed E-state index contributed by atoms with van der Waals surface area (Å²) in [5.41, 5.74) is 2.33. The van der Waals surface area contributed by atoms with Gasteiger partial charge in [-0.1, -0.05) is 24.3 Å². The molecule has 1 aliphatic rings. The minimum Gasteiger partial charge on any atom is -0.453 e. The second kappa shape index (κ2) is 9.17. The molecule has 0 spiro atoms. The van der Waals surface area contributed by atoms with E-state index in [0.29, 0.717) is 24.7 Å². The van der Waals surface area contributed by atoms with Gasteiger partial charge in [0.1, 0.15) is 12.4 Å². The van der Waals surface area contributed by atoms with E-state index in [2.05, 4.69) is 36.2 Å². The van der Waals surface area contributed by atoms with Crippen molar-refractivity contribution in [3.05, 3.63) is 59.0 Å². The van der Waals surface area contributed by atoms with Crippen molar-refractivity contribution in [2.75, 3.05) is 20.2 Å². The summed E-state index contributed by atoms with van der Waals surface area (Å²) in [6.07, 6.45) is 0.474. The molecule has 1 saturated heterocycles. The number of carbonyl (C=O) groups excluding carboxylic acids is 1. The van der Waals surface area contributed by atoms with Crippen molar-refractivity contribution in [1.29, 1.82) is 0 Å². The monoisotopic (exact) mass is 372 g/mol. The van der Waals surface area contributed by atoms with Gasteiger partial charge in [0, 0.05) is 33.3 Å². The van der Waals surface area contributed by atoms with E-state index in [-0.39, 0.29) is 18.1 Å². The first kappa shape index (κ1) is 19.6. The van der Waals surface area contributed by atoms with Crippen molar-refractivity contribution in [1.82, 2.24) is 10.2 Å². The number of ether oxygens (including phenoxy) is 2. The standard InChI is InChI=1S/C21H28N2O4/c1-15-11-23(12-16(2)26-15)13-18-7-5-4-6-17(18)10-22-21(24)20-9-8-19(27-20)14-25-3/h4-9,15-16H,10-14H2,1-3H3,(H,22,24). The molecule has 1 aliphatic heterocycles.